The Morgan fingerprint density at radius 2 is 1.91 bits per heavy atom. The summed E-state index contributed by atoms with van der Waals surface area (Å²) in [4.78, 5) is 11.1. The zero-order chi connectivity index (χ0) is 15.9. The molecule has 0 atom stereocenters. The number of hydrogen-bond acceptors (Lipinski definition) is 2. The molecule has 0 aliphatic carbocycles. The highest BCUT2D eigenvalue weighted by Crippen LogP contribution is 2.23. The van der Waals surface area contributed by atoms with Gasteiger partial charge in [0, 0.05) is 27.8 Å². The molecule has 2 aromatic rings. The topological polar surface area (TPSA) is 38.3 Å². The molecule has 4 heteroatoms. The average molecular weight is 405 g/mol. The highest BCUT2D eigenvalue weighted by Gasteiger charge is 2.04. The smallest absolute Gasteiger partial charge is 0.221 e. The summed E-state index contributed by atoms with van der Waals surface area (Å²) in [6, 6.07) is 13.5. The van der Waals surface area contributed by atoms with Crippen LogP contribution in [-0.4, -0.2) is 12.5 Å². The fourth-order valence-electron chi connectivity index (χ4n) is 1.85. The second-order valence-electron chi connectivity index (χ2n) is 4.58. The van der Waals surface area contributed by atoms with Gasteiger partial charge < -0.3 is 10.1 Å². The standard InChI is InChI=1S/C18H16INO2/c1-3-22-18-12-17(20-13(2)21)11-8-15(18)7-4-14-5-9-16(19)10-6-14/h5-6,8-12H,3H2,1-2H3,(H,20,21). The summed E-state index contributed by atoms with van der Waals surface area (Å²) in [5, 5.41) is 2.74. The normalized spacial score (nSPS) is 9.59. The molecule has 0 spiro atoms. The molecular formula is C18H16INO2. The number of hydrogen-bond donors (Lipinski definition) is 1. The zero-order valence-electron chi connectivity index (χ0n) is 12.4. The Bertz CT molecular complexity index is 727. The fourth-order valence-corrected chi connectivity index (χ4v) is 2.21. The first-order valence-corrected chi connectivity index (χ1v) is 7.98. The number of rotatable bonds is 3. The van der Waals surface area contributed by atoms with Crippen LogP contribution in [0.4, 0.5) is 5.69 Å². The number of nitrogens with one attached hydrogen (secondary N) is 1. The third-order valence-electron chi connectivity index (χ3n) is 2.79. The second kappa shape index (κ2) is 7.85. The molecule has 112 valence electrons. The van der Waals surface area contributed by atoms with Gasteiger partial charge >= 0.3 is 0 Å². The van der Waals surface area contributed by atoms with Gasteiger partial charge in [-0.2, -0.15) is 0 Å². The van der Waals surface area contributed by atoms with Gasteiger partial charge in [0.1, 0.15) is 5.75 Å². The minimum Gasteiger partial charge on any atom is -0.492 e. The van der Waals surface area contributed by atoms with Gasteiger partial charge in [-0.3, -0.25) is 4.79 Å². The van der Waals surface area contributed by atoms with E-state index in [1.165, 1.54) is 10.5 Å². The van der Waals surface area contributed by atoms with E-state index < -0.39 is 0 Å². The molecule has 1 amide bonds. The first kappa shape index (κ1) is 16.4. The molecule has 0 bridgehead atoms. The van der Waals surface area contributed by atoms with Crippen molar-refractivity contribution in [3.63, 3.8) is 0 Å². The minimum atomic E-state index is -0.111. The average Bonchev–Trinajstić information content (AvgIpc) is 2.48. The predicted molar refractivity (Wildman–Crippen MR) is 97.1 cm³/mol. The lowest BCUT2D eigenvalue weighted by Crippen LogP contribution is -2.06. The summed E-state index contributed by atoms with van der Waals surface area (Å²) in [5.74, 6) is 6.81. The molecule has 0 aromatic heterocycles. The lowest BCUT2D eigenvalue weighted by Gasteiger charge is -2.09. The van der Waals surface area contributed by atoms with Crippen molar-refractivity contribution in [2.75, 3.05) is 11.9 Å². The van der Waals surface area contributed by atoms with Crippen LogP contribution in [-0.2, 0) is 4.79 Å². The molecule has 0 aliphatic rings. The highest BCUT2D eigenvalue weighted by atomic mass is 127. The maximum Gasteiger partial charge on any atom is 0.221 e. The number of anilines is 1. The second-order valence-corrected chi connectivity index (χ2v) is 5.83. The molecule has 0 heterocycles. The largest absolute Gasteiger partial charge is 0.492 e. The Morgan fingerprint density at radius 3 is 2.55 bits per heavy atom. The van der Waals surface area contributed by atoms with Crippen molar-refractivity contribution in [2.45, 2.75) is 13.8 Å². The summed E-state index contributed by atoms with van der Waals surface area (Å²) < 4.78 is 6.79. The van der Waals surface area contributed by atoms with E-state index in [0.29, 0.717) is 18.0 Å². The summed E-state index contributed by atoms with van der Waals surface area (Å²) >= 11 is 2.26. The van der Waals surface area contributed by atoms with Crippen molar-refractivity contribution in [1.82, 2.24) is 0 Å². The molecular weight excluding hydrogens is 389 g/mol. The number of amides is 1. The Morgan fingerprint density at radius 1 is 1.18 bits per heavy atom. The molecule has 1 N–H and O–H groups in total. The number of ether oxygens (including phenoxy) is 1. The van der Waals surface area contributed by atoms with Crippen LogP contribution in [0.2, 0.25) is 0 Å². The van der Waals surface area contributed by atoms with Crippen molar-refractivity contribution in [2.24, 2.45) is 0 Å². The van der Waals surface area contributed by atoms with Gasteiger partial charge in [0.05, 0.1) is 12.2 Å². The van der Waals surface area contributed by atoms with Crippen molar-refractivity contribution in [3.05, 3.63) is 57.2 Å². The summed E-state index contributed by atoms with van der Waals surface area (Å²) in [5.41, 5.74) is 2.46. The Balaban J connectivity index is 2.30. The van der Waals surface area contributed by atoms with Crippen LogP contribution in [0.1, 0.15) is 25.0 Å². The Labute approximate surface area is 144 Å². The van der Waals surface area contributed by atoms with Gasteiger partial charge in [0.2, 0.25) is 5.91 Å². The minimum absolute atomic E-state index is 0.111. The monoisotopic (exact) mass is 405 g/mol. The number of benzene rings is 2. The molecule has 2 aromatic carbocycles. The maximum absolute atomic E-state index is 11.1. The lowest BCUT2D eigenvalue weighted by molar-refractivity contribution is -0.114. The van der Waals surface area contributed by atoms with Crippen LogP contribution < -0.4 is 10.1 Å². The van der Waals surface area contributed by atoms with Crippen LogP contribution in [0.25, 0.3) is 0 Å². The van der Waals surface area contributed by atoms with Crippen LogP contribution in [0.15, 0.2) is 42.5 Å². The molecule has 0 radical (unpaired) electrons. The van der Waals surface area contributed by atoms with Crippen molar-refractivity contribution < 1.29 is 9.53 Å². The zero-order valence-corrected chi connectivity index (χ0v) is 14.6. The van der Waals surface area contributed by atoms with E-state index in [4.69, 9.17) is 4.74 Å². The predicted octanol–water partition coefficient (Wildman–Crippen LogP) is 4.05. The maximum atomic E-state index is 11.1. The van der Waals surface area contributed by atoms with Gasteiger partial charge in [-0.25, -0.2) is 0 Å². The van der Waals surface area contributed by atoms with Crippen molar-refractivity contribution >= 4 is 34.2 Å². The number of carbonyl (C=O) groups excluding carboxylic acids is 1. The SMILES string of the molecule is CCOc1cc(NC(C)=O)ccc1C#Cc1ccc(I)cc1. The van der Waals surface area contributed by atoms with Gasteiger partial charge in [-0.15, -0.1) is 0 Å². The van der Waals surface area contributed by atoms with Crippen molar-refractivity contribution in [1.29, 1.82) is 0 Å². The molecule has 0 saturated carbocycles. The summed E-state index contributed by atoms with van der Waals surface area (Å²) in [6.45, 7) is 3.94. The van der Waals surface area contributed by atoms with Crippen molar-refractivity contribution in [3.8, 4) is 17.6 Å². The fraction of sp³-hybridized carbons (Fsp3) is 0.167. The van der Waals surface area contributed by atoms with E-state index in [-0.39, 0.29) is 5.91 Å². The first-order valence-electron chi connectivity index (χ1n) is 6.90. The lowest BCUT2D eigenvalue weighted by atomic mass is 10.1. The van der Waals surface area contributed by atoms with E-state index in [1.54, 1.807) is 6.07 Å². The number of carbonyl (C=O) groups is 1. The molecule has 0 saturated heterocycles. The third-order valence-corrected chi connectivity index (χ3v) is 3.51. The quantitative estimate of drug-likeness (QED) is 0.618. The third kappa shape index (κ3) is 4.78. The van der Waals surface area contributed by atoms with E-state index >= 15 is 0 Å². The molecule has 3 nitrogen and oxygen atoms in total. The number of halogens is 1. The van der Waals surface area contributed by atoms with Gasteiger partial charge in [0.25, 0.3) is 0 Å². The Hall–Kier alpha value is -2.00. The van der Waals surface area contributed by atoms with Crippen LogP contribution in [0.3, 0.4) is 0 Å². The molecule has 0 fully saturated rings. The van der Waals surface area contributed by atoms with Gasteiger partial charge in [-0.05, 0) is 65.9 Å². The van der Waals surface area contributed by atoms with Crippen LogP contribution >= 0.6 is 22.6 Å². The van der Waals surface area contributed by atoms with E-state index in [0.717, 1.165) is 11.1 Å². The highest BCUT2D eigenvalue weighted by molar-refractivity contribution is 14.1. The van der Waals surface area contributed by atoms with E-state index in [1.807, 2.05) is 43.3 Å². The van der Waals surface area contributed by atoms with Crippen LogP contribution in [0, 0.1) is 15.4 Å². The summed E-state index contributed by atoms with van der Waals surface area (Å²) in [6.07, 6.45) is 0. The van der Waals surface area contributed by atoms with Gasteiger partial charge in [-0.1, -0.05) is 11.8 Å². The van der Waals surface area contributed by atoms with E-state index in [9.17, 15) is 4.79 Å². The molecule has 22 heavy (non-hydrogen) atoms. The molecule has 0 unspecified atom stereocenters. The first-order chi connectivity index (χ1) is 10.6. The molecule has 0 aliphatic heterocycles. The van der Waals surface area contributed by atoms with Crippen LogP contribution in [0.5, 0.6) is 5.75 Å². The van der Waals surface area contributed by atoms with Gasteiger partial charge in [0.15, 0.2) is 0 Å². The molecule has 2 rings (SSSR count). The Kier molecular flexibility index (Phi) is 5.84. The van der Waals surface area contributed by atoms with E-state index in [2.05, 4.69) is 39.7 Å². The summed E-state index contributed by atoms with van der Waals surface area (Å²) in [7, 11) is 0.